The van der Waals surface area contributed by atoms with Crippen LogP contribution in [-0.2, 0) is 0 Å². The zero-order valence-corrected chi connectivity index (χ0v) is 13.8. The first-order valence-corrected chi connectivity index (χ1v) is 8.31. The molecule has 3 aromatic rings. The second-order valence-corrected chi connectivity index (χ2v) is 6.49. The maximum absolute atomic E-state index is 13.5. The van der Waals surface area contributed by atoms with E-state index in [0.29, 0.717) is 41.5 Å². The van der Waals surface area contributed by atoms with Crippen LogP contribution in [0.4, 0.5) is 24.7 Å². The molecule has 0 bridgehead atoms. The summed E-state index contributed by atoms with van der Waals surface area (Å²) < 4.78 is 41.7. The van der Waals surface area contributed by atoms with E-state index in [1.54, 1.807) is 16.7 Å². The van der Waals surface area contributed by atoms with Gasteiger partial charge in [0.2, 0.25) is 5.92 Å². The SMILES string of the molecule is Nc1cnc(-c2cnc3ccc(F)cn23)nc1NC1CCC(F)(F)CC1. The Morgan fingerprint density at radius 1 is 1.15 bits per heavy atom. The number of halogens is 3. The number of nitrogens with one attached hydrogen (secondary N) is 1. The van der Waals surface area contributed by atoms with Gasteiger partial charge in [-0.3, -0.25) is 4.40 Å². The Kier molecular flexibility index (Phi) is 3.93. The minimum Gasteiger partial charge on any atom is -0.394 e. The Hall–Kier alpha value is -2.84. The molecular weight excluding hydrogens is 345 g/mol. The van der Waals surface area contributed by atoms with Crippen LogP contribution in [0.5, 0.6) is 0 Å². The molecule has 0 aromatic carbocycles. The van der Waals surface area contributed by atoms with E-state index in [9.17, 15) is 13.2 Å². The third-order valence-electron chi connectivity index (χ3n) is 4.57. The number of rotatable bonds is 3. The van der Waals surface area contributed by atoms with Crippen LogP contribution in [0.1, 0.15) is 25.7 Å². The first kappa shape index (κ1) is 16.6. The summed E-state index contributed by atoms with van der Waals surface area (Å²) in [6, 6.07) is 2.75. The molecule has 1 aliphatic rings. The van der Waals surface area contributed by atoms with Gasteiger partial charge in [-0.1, -0.05) is 0 Å². The van der Waals surface area contributed by atoms with Gasteiger partial charge < -0.3 is 11.1 Å². The van der Waals surface area contributed by atoms with Crippen molar-refractivity contribution in [3.05, 3.63) is 36.5 Å². The van der Waals surface area contributed by atoms with E-state index in [4.69, 9.17) is 5.73 Å². The fourth-order valence-electron chi connectivity index (χ4n) is 3.13. The Morgan fingerprint density at radius 3 is 2.69 bits per heavy atom. The molecule has 3 heterocycles. The van der Waals surface area contributed by atoms with E-state index >= 15 is 0 Å². The van der Waals surface area contributed by atoms with Crippen molar-refractivity contribution >= 4 is 17.2 Å². The number of nitrogens with two attached hydrogens (primary N) is 1. The average Bonchev–Trinajstić information content (AvgIpc) is 3.01. The smallest absolute Gasteiger partial charge is 0.248 e. The Bertz CT molecular complexity index is 945. The van der Waals surface area contributed by atoms with Gasteiger partial charge in [-0.2, -0.15) is 0 Å². The molecule has 1 fully saturated rings. The van der Waals surface area contributed by atoms with E-state index in [2.05, 4.69) is 20.3 Å². The van der Waals surface area contributed by atoms with Crippen LogP contribution in [0.3, 0.4) is 0 Å². The molecule has 4 rings (SSSR count). The van der Waals surface area contributed by atoms with E-state index < -0.39 is 11.7 Å². The minimum atomic E-state index is -2.60. The number of hydrogen-bond acceptors (Lipinski definition) is 5. The molecule has 0 unspecified atom stereocenters. The van der Waals surface area contributed by atoms with E-state index in [0.717, 1.165) is 0 Å². The predicted octanol–water partition coefficient (Wildman–Crippen LogP) is 3.50. The van der Waals surface area contributed by atoms with Gasteiger partial charge in [-0.25, -0.2) is 28.1 Å². The number of alkyl halides is 2. The number of nitrogen functional groups attached to an aromatic ring is 1. The van der Waals surface area contributed by atoms with E-state index in [1.165, 1.54) is 18.5 Å². The number of hydrogen-bond donors (Lipinski definition) is 2. The van der Waals surface area contributed by atoms with Crippen molar-refractivity contribution in [2.24, 2.45) is 0 Å². The Labute approximate surface area is 147 Å². The van der Waals surface area contributed by atoms with Crippen LogP contribution < -0.4 is 11.1 Å². The molecule has 26 heavy (non-hydrogen) atoms. The number of imidazole rings is 1. The largest absolute Gasteiger partial charge is 0.394 e. The maximum Gasteiger partial charge on any atom is 0.248 e. The summed E-state index contributed by atoms with van der Waals surface area (Å²) in [5.41, 5.74) is 7.33. The molecule has 0 atom stereocenters. The summed E-state index contributed by atoms with van der Waals surface area (Å²) in [7, 11) is 0. The highest BCUT2D eigenvalue weighted by atomic mass is 19.3. The third-order valence-corrected chi connectivity index (χ3v) is 4.57. The fourth-order valence-corrected chi connectivity index (χ4v) is 3.13. The van der Waals surface area contributed by atoms with E-state index in [-0.39, 0.29) is 18.9 Å². The number of aromatic nitrogens is 4. The number of nitrogens with zero attached hydrogens (tertiary/aromatic N) is 4. The van der Waals surface area contributed by atoms with Crippen molar-refractivity contribution in [3.63, 3.8) is 0 Å². The maximum atomic E-state index is 13.5. The number of anilines is 2. The fraction of sp³-hybridized carbons (Fsp3) is 0.353. The summed E-state index contributed by atoms with van der Waals surface area (Å²) in [4.78, 5) is 12.8. The van der Waals surface area contributed by atoms with Crippen LogP contribution in [0, 0.1) is 5.82 Å². The van der Waals surface area contributed by atoms with Gasteiger partial charge in [-0.15, -0.1) is 0 Å². The highest BCUT2D eigenvalue weighted by Gasteiger charge is 2.35. The third kappa shape index (κ3) is 3.16. The Morgan fingerprint density at radius 2 is 1.92 bits per heavy atom. The van der Waals surface area contributed by atoms with Crippen molar-refractivity contribution < 1.29 is 13.2 Å². The standard InChI is InChI=1S/C17H17F3N6/c18-10-1-2-14-22-8-13(26(14)9-10)16-23-7-12(21)15(25-16)24-11-3-5-17(19,20)6-4-11/h1-2,7-9,11H,3-6,21H2,(H,23,24,25). The van der Waals surface area contributed by atoms with Crippen molar-refractivity contribution in [1.29, 1.82) is 0 Å². The lowest BCUT2D eigenvalue weighted by molar-refractivity contribution is -0.0361. The van der Waals surface area contributed by atoms with Crippen LogP contribution in [0.15, 0.2) is 30.7 Å². The minimum absolute atomic E-state index is 0.126. The molecule has 1 aliphatic carbocycles. The van der Waals surface area contributed by atoms with Gasteiger partial charge in [0.05, 0.1) is 18.1 Å². The zero-order valence-electron chi connectivity index (χ0n) is 13.8. The van der Waals surface area contributed by atoms with Crippen molar-refractivity contribution in [2.45, 2.75) is 37.6 Å². The quantitative estimate of drug-likeness (QED) is 0.745. The van der Waals surface area contributed by atoms with Gasteiger partial charge in [0.1, 0.15) is 17.2 Å². The molecule has 0 radical (unpaired) electrons. The second kappa shape index (κ2) is 6.15. The molecule has 0 amide bonds. The van der Waals surface area contributed by atoms with Crippen LogP contribution in [-0.4, -0.2) is 31.3 Å². The lowest BCUT2D eigenvalue weighted by Crippen LogP contribution is -2.32. The van der Waals surface area contributed by atoms with Crippen LogP contribution in [0.2, 0.25) is 0 Å². The molecule has 3 aromatic heterocycles. The molecule has 6 nitrogen and oxygen atoms in total. The molecule has 9 heteroatoms. The van der Waals surface area contributed by atoms with Crippen molar-refractivity contribution in [2.75, 3.05) is 11.1 Å². The van der Waals surface area contributed by atoms with E-state index in [1.807, 2.05) is 0 Å². The van der Waals surface area contributed by atoms with Gasteiger partial charge in [0, 0.05) is 25.1 Å². The first-order chi connectivity index (χ1) is 12.4. The molecule has 0 saturated heterocycles. The molecule has 3 N–H and O–H groups in total. The van der Waals surface area contributed by atoms with Gasteiger partial charge >= 0.3 is 0 Å². The zero-order chi connectivity index (χ0) is 18.3. The molecule has 0 spiro atoms. The summed E-state index contributed by atoms with van der Waals surface area (Å²) >= 11 is 0. The molecule has 136 valence electrons. The predicted molar refractivity (Wildman–Crippen MR) is 91.4 cm³/mol. The lowest BCUT2D eigenvalue weighted by Gasteiger charge is -2.29. The monoisotopic (exact) mass is 362 g/mol. The highest BCUT2D eigenvalue weighted by molar-refractivity contribution is 5.65. The Balaban J connectivity index is 1.63. The number of pyridine rings is 1. The molecule has 0 aliphatic heterocycles. The van der Waals surface area contributed by atoms with Gasteiger partial charge in [0.25, 0.3) is 0 Å². The topological polar surface area (TPSA) is 81.1 Å². The molecule has 1 saturated carbocycles. The van der Waals surface area contributed by atoms with Crippen molar-refractivity contribution in [3.8, 4) is 11.5 Å². The lowest BCUT2D eigenvalue weighted by atomic mass is 9.92. The molecular formula is C17H17F3N6. The average molecular weight is 362 g/mol. The highest BCUT2D eigenvalue weighted by Crippen LogP contribution is 2.34. The summed E-state index contributed by atoms with van der Waals surface area (Å²) in [6.07, 6.45) is 4.66. The first-order valence-electron chi connectivity index (χ1n) is 8.31. The van der Waals surface area contributed by atoms with Crippen molar-refractivity contribution in [1.82, 2.24) is 19.4 Å². The summed E-state index contributed by atoms with van der Waals surface area (Å²) in [5.74, 6) is -2.30. The second-order valence-electron chi connectivity index (χ2n) is 6.49. The van der Waals surface area contributed by atoms with Crippen LogP contribution in [0.25, 0.3) is 17.2 Å². The van der Waals surface area contributed by atoms with Crippen LogP contribution >= 0.6 is 0 Å². The summed E-state index contributed by atoms with van der Waals surface area (Å²) in [6.45, 7) is 0. The summed E-state index contributed by atoms with van der Waals surface area (Å²) in [5, 5.41) is 3.14. The number of fused-ring (bicyclic) bond motifs is 1. The normalized spacial score (nSPS) is 17.5. The van der Waals surface area contributed by atoms with Gasteiger partial charge in [0.15, 0.2) is 11.6 Å². The van der Waals surface area contributed by atoms with Gasteiger partial charge in [-0.05, 0) is 25.0 Å².